The van der Waals surface area contributed by atoms with Crippen LogP contribution < -0.4 is 5.73 Å². The molecule has 0 aromatic rings. The first kappa shape index (κ1) is 10.0. The minimum Gasteiger partial charge on any atom is -0.369 e. The molecule has 2 aliphatic rings. The molecule has 0 unspecified atom stereocenters. The molecule has 0 aromatic carbocycles. The molecule has 2 N–H and O–H groups in total. The number of aliphatic imine (C=N–C) groups is 1. The van der Waals surface area contributed by atoms with Crippen LogP contribution in [0.4, 0.5) is 0 Å². The van der Waals surface area contributed by atoms with Gasteiger partial charge in [0.25, 0.3) is 0 Å². The number of dihydropyridines is 1. The second-order valence-corrected chi connectivity index (χ2v) is 3.85. The summed E-state index contributed by atoms with van der Waals surface area (Å²) < 4.78 is 0. The van der Waals surface area contributed by atoms with Gasteiger partial charge < -0.3 is 10.6 Å². The molecule has 5 heteroatoms. The molecule has 0 spiro atoms. The van der Waals surface area contributed by atoms with Crippen LogP contribution in [-0.4, -0.2) is 41.9 Å². The van der Waals surface area contributed by atoms with Crippen LogP contribution in [-0.2, 0) is 9.59 Å². The molecule has 0 aliphatic carbocycles. The van der Waals surface area contributed by atoms with E-state index in [9.17, 15) is 9.59 Å². The quantitative estimate of drug-likeness (QED) is 0.587. The topological polar surface area (TPSA) is 75.8 Å². The van der Waals surface area contributed by atoms with E-state index in [2.05, 4.69) is 4.99 Å². The van der Waals surface area contributed by atoms with Crippen LogP contribution in [0.15, 0.2) is 16.8 Å². The van der Waals surface area contributed by atoms with Crippen LogP contribution in [0.3, 0.4) is 0 Å². The molecule has 0 radical (unpaired) electrons. The summed E-state index contributed by atoms with van der Waals surface area (Å²) in [4.78, 5) is 27.5. The maximum Gasteiger partial charge on any atom is 0.317 e. The number of hydrogen-bond donors (Lipinski definition) is 1. The third-order valence-corrected chi connectivity index (χ3v) is 2.63. The predicted molar refractivity (Wildman–Crippen MR) is 55.4 cm³/mol. The number of rotatable bonds is 1. The zero-order valence-corrected chi connectivity index (χ0v) is 8.35. The lowest BCUT2D eigenvalue weighted by Gasteiger charge is -2.33. The number of nitrogens with zero attached hydrogens (tertiary/aromatic N) is 2. The number of piperidine rings is 1. The highest BCUT2D eigenvalue weighted by molar-refractivity contribution is 6.44. The maximum absolute atomic E-state index is 11.1. The zero-order chi connectivity index (χ0) is 10.8. The van der Waals surface area contributed by atoms with Crippen molar-refractivity contribution in [2.45, 2.75) is 18.9 Å². The summed E-state index contributed by atoms with van der Waals surface area (Å²) >= 11 is 0. The van der Waals surface area contributed by atoms with Crippen LogP contribution in [0.5, 0.6) is 0 Å². The standard InChI is InChI=1S/C10H13N3O2/c11-7-2-1-3-13(6-7)8-4-9(14)10(15)12-5-8/h4-5,7H,1-3,6,11H2/t7-/m1/s1. The number of ketones is 1. The van der Waals surface area contributed by atoms with Gasteiger partial charge in [0.15, 0.2) is 0 Å². The molecule has 1 amide bonds. The summed E-state index contributed by atoms with van der Waals surface area (Å²) in [6.07, 6.45) is 4.80. The van der Waals surface area contributed by atoms with E-state index in [-0.39, 0.29) is 6.04 Å². The first-order chi connectivity index (χ1) is 7.16. The summed E-state index contributed by atoms with van der Waals surface area (Å²) in [5.74, 6) is -1.24. The van der Waals surface area contributed by atoms with Gasteiger partial charge in [-0.1, -0.05) is 0 Å². The van der Waals surface area contributed by atoms with Crippen LogP contribution in [0, 0.1) is 0 Å². The molecule has 80 valence electrons. The average molecular weight is 207 g/mol. The normalized spacial score (nSPS) is 26.9. The van der Waals surface area contributed by atoms with Gasteiger partial charge in [-0.05, 0) is 12.8 Å². The summed E-state index contributed by atoms with van der Waals surface area (Å²) in [6, 6.07) is 0.140. The Kier molecular flexibility index (Phi) is 2.64. The van der Waals surface area contributed by atoms with Crippen molar-refractivity contribution in [2.24, 2.45) is 10.7 Å². The fourth-order valence-corrected chi connectivity index (χ4v) is 1.84. The van der Waals surface area contributed by atoms with Gasteiger partial charge in [0, 0.05) is 25.2 Å². The molecule has 0 bridgehead atoms. The van der Waals surface area contributed by atoms with E-state index < -0.39 is 11.7 Å². The summed E-state index contributed by atoms with van der Waals surface area (Å²) in [5.41, 5.74) is 6.53. The first-order valence-electron chi connectivity index (χ1n) is 5.01. The molecule has 15 heavy (non-hydrogen) atoms. The number of allylic oxidation sites excluding steroid dienone is 1. The van der Waals surface area contributed by atoms with Crippen molar-refractivity contribution in [1.82, 2.24) is 4.90 Å². The van der Waals surface area contributed by atoms with Gasteiger partial charge in [-0.2, -0.15) is 0 Å². The van der Waals surface area contributed by atoms with E-state index >= 15 is 0 Å². The fraction of sp³-hybridized carbons (Fsp3) is 0.500. The van der Waals surface area contributed by atoms with Crippen molar-refractivity contribution in [3.8, 4) is 0 Å². The molecule has 2 heterocycles. The summed E-state index contributed by atoms with van der Waals surface area (Å²) in [6.45, 7) is 1.59. The van der Waals surface area contributed by atoms with Crippen LogP contribution in [0.25, 0.3) is 0 Å². The van der Waals surface area contributed by atoms with Crippen molar-refractivity contribution in [1.29, 1.82) is 0 Å². The predicted octanol–water partition coefficient (Wildman–Crippen LogP) is -0.527. The highest BCUT2D eigenvalue weighted by Crippen LogP contribution is 2.14. The minimum absolute atomic E-state index is 0.140. The Morgan fingerprint density at radius 1 is 1.47 bits per heavy atom. The van der Waals surface area contributed by atoms with E-state index in [1.165, 1.54) is 12.3 Å². The monoisotopic (exact) mass is 207 g/mol. The minimum atomic E-state index is -0.694. The number of likely N-dealkylation sites (tertiary alicyclic amines) is 1. The van der Waals surface area contributed by atoms with Gasteiger partial charge in [0.1, 0.15) is 0 Å². The van der Waals surface area contributed by atoms with Gasteiger partial charge in [0.2, 0.25) is 5.78 Å². The molecular weight excluding hydrogens is 194 g/mol. The first-order valence-corrected chi connectivity index (χ1v) is 5.01. The van der Waals surface area contributed by atoms with Crippen LogP contribution in [0.2, 0.25) is 0 Å². The Hall–Kier alpha value is -1.49. The third-order valence-electron chi connectivity index (χ3n) is 2.63. The van der Waals surface area contributed by atoms with E-state index in [0.717, 1.165) is 25.9 Å². The van der Waals surface area contributed by atoms with Crippen molar-refractivity contribution in [3.05, 3.63) is 11.8 Å². The summed E-state index contributed by atoms with van der Waals surface area (Å²) in [7, 11) is 0. The zero-order valence-electron chi connectivity index (χ0n) is 8.35. The number of nitrogens with two attached hydrogens (primary N) is 1. The van der Waals surface area contributed by atoms with Crippen molar-refractivity contribution in [3.63, 3.8) is 0 Å². The van der Waals surface area contributed by atoms with Gasteiger partial charge in [-0.15, -0.1) is 0 Å². The molecule has 1 atom stereocenters. The Morgan fingerprint density at radius 3 is 2.93 bits per heavy atom. The van der Waals surface area contributed by atoms with Crippen LogP contribution in [0.1, 0.15) is 12.8 Å². The molecule has 0 saturated carbocycles. The molecule has 1 saturated heterocycles. The highest BCUT2D eigenvalue weighted by Gasteiger charge is 2.22. The Labute approximate surface area is 87.6 Å². The molecule has 2 aliphatic heterocycles. The highest BCUT2D eigenvalue weighted by atomic mass is 16.2. The van der Waals surface area contributed by atoms with E-state index in [0.29, 0.717) is 5.70 Å². The van der Waals surface area contributed by atoms with Gasteiger partial charge in [0.05, 0.1) is 11.9 Å². The van der Waals surface area contributed by atoms with Crippen molar-refractivity contribution < 1.29 is 9.59 Å². The number of hydrogen-bond acceptors (Lipinski definition) is 4. The molecule has 2 rings (SSSR count). The summed E-state index contributed by atoms with van der Waals surface area (Å²) in [5, 5.41) is 0. The van der Waals surface area contributed by atoms with Crippen LogP contribution >= 0.6 is 0 Å². The van der Waals surface area contributed by atoms with Gasteiger partial charge >= 0.3 is 5.91 Å². The Morgan fingerprint density at radius 2 is 2.27 bits per heavy atom. The molecule has 1 fully saturated rings. The third kappa shape index (κ3) is 2.12. The second kappa shape index (κ2) is 3.94. The lowest BCUT2D eigenvalue weighted by Crippen LogP contribution is -2.43. The average Bonchev–Trinajstić information content (AvgIpc) is 2.22. The maximum atomic E-state index is 11.1. The Balaban J connectivity index is 2.11. The van der Waals surface area contributed by atoms with Gasteiger partial charge in [-0.25, -0.2) is 4.99 Å². The van der Waals surface area contributed by atoms with Gasteiger partial charge in [-0.3, -0.25) is 9.59 Å². The largest absolute Gasteiger partial charge is 0.369 e. The number of amides is 1. The second-order valence-electron chi connectivity index (χ2n) is 3.85. The molecule has 5 nitrogen and oxygen atoms in total. The fourth-order valence-electron chi connectivity index (χ4n) is 1.84. The lowest BCUT2D eigenvalue weighted by atomic mass is 10.1. The van der Waals surface area contributed by atoms with E-state index in [1.54, 1.807) is 0 Å². The number of carbonyl (C=O) groups is 2. The van der Waals surface area contributed by atoms with Crippen molar-refractivity contribution in [2.75, 3.05) is 13.1 Å². The SMILES string of the molecule is N[C@@H]1CCCN(C2=CC(=O)C(=O)N=C2)C1. The molecular formula is C10H13N3O2. The smallest absolute Gasteiger partial charge is 0.317 e. The van der Waals surface area contributed by atoms with E-state index in [4.69, 9.17) is 5.73 Å². The molecule has 0 aromatic heterocycles. The van der Waals surface area contributed by atoms with Crippen molar-refractivity contribution >= 4 is 17.9 Å². The Bertz CT molecular complexity index is 360. The van der Waals surface area contributed by atoms with E-state index in [1.807, 2.05) is 4.90 Å². The number of carbonyl (C=O) groups excluding carboxylic acids is 2. The lowest BCUT2D eigenvalue weighted by molar-refractivity contribution is -0.133.